The van der Waals surface area contributed by atoms with Gasteiger partial charge >= 0.3 is 0 Å². The van der Waals surface area contributed by atoms with E-state index in [0.29, 0.717) is 11.7 Å². The number of benzene rings is 6. The fraction of sp³-hybridized carbons (Fsp3) is 0. The van der Waals surface area contributed by atoms with Crippen LogP contribution < -0.4 is 0 Å². The Morgan fingerprint density at radius 1 is 0.457 bits per heavy atom. The van der Waals surface area contributed by atoms with Gasteiger partial charge in [0, 0.05) is 38.7 Å². The first kappa shape index (κ1) is 26.1. The Morgan fingerprint density at radius 3 is 1.74 bits per heavy atom. The third-order valence-electron chi connectivity index (χ3n) is 8.46. The van der Waals surface area contributed by atoms with Gasteiger partial charge in [0.1, 0.15) is 5.52 Å². The first-order valence-corrected chi connectivity index (χ1v) is 15.3. The molecule has 0 aliphatic carbocycles. The van der Waals surface area contributed by atoms with E-state index in [2.05, 4.69) is 77.4 Å². The van der Waals surface area contributed by atoms with Crippen molar-refractivity contribution in [2.75, 3.05) is 0 Å². The Hall–Kier alpha value is -6.33. The van der Waals surface area contributed by atoms with Crippen LogP contribution in [0.15, 0.2) is 162 Å². The summed E-state index contributed by atoms with van der Waals surface area (Å²) < 4.78 is 8.57. The number of fused-ring (bicyclic) bond motifs is 5. The molecule has 0 aliphatic heterocycles. The summed E-state index contributed by atoms with van der Waals surface area (Å²) in [7, 11) is 0. The molecule has 9 rings (SSSR count). The average molecular weight is 591 g/mol. The number of aromatic nitrogens is 4. The van der Waals surface area contributed by atoms with Crippen LogP contribution in [0.1, 0.15) is 0 Å². The maximum absolute atomic E-state index is 6.28. The molecule has 0 radical (unpaired) electrons. The zero-order valence-electron chi connectivity index (χ0n) is 24.7. The molecule has 5 heteroatoms. The van der Waals surface area contributed by atoms with E-state index in [0.717, 1.165) is 66.8 Å². The van der Waals surface area contributed by atoms with Crippen LogP contribution in [-0.2, 0) is 0 Å². The van der Waals surface area contributed by atoms with Gasteiger partial charge < -0.3 is 8.98 Å². The number of hydrogen-bond acceptors (Lipinski definition) is 4. The Bertz CT molecular complexity index is 2440. The lowest BCUT2D eigenvalue weighted by molar-refractivity contribution is 0.620. The van der Waals surface area contributed by atoms with Crippen molar-refractivity contribution < 1.29 is 4.42 Å². The van der Waals surface area contributed by atoms with Crippen molar-refractivity contribution in [2.24, 2.45) is 0 Å². The largest absolute Gasteiger partial charge is 0.436 e. The first-order valence-electron chi connectivity index (χ1n) is 15.3. The summed E-state index contributed by atoms with van der Waals surface area (Å²) in [5.74, 6) is 1.31. The number of hydrogen-bond donors (Lipinski definition) is 0. The lowest BCUT2D eigenvalue weighted by Crippen LogP contribution is -1.97. The highest BCUT2D eigenvalue weighted by Crippen LogP contribution is 2.38. The number of para-hydroxylation sites is 1. The smallest absolute Gasteiger partial charge is 0.227 e. The number of oxazole rings is 1. The van der Waals surface area contributed by atoms with Gasteiger partial charge in [-0.2, -0.15) is 0 Å². The Balaban J connectivity index is 1.21. The van der Waals surface area contributed by atoms with Crippen LogP contribution in [0.25, 0.3) is 83.9 Å². The first-order chi connectivity index (χ1) is 22.8. The summed E-state index contributed by atoms with van der Waals surface area (Å²) in [6.45, 7) is 0. The number of nitrogens with zero attached hydrogens (tertiary/aromatic N) is 4. The van der Waals surface area contributed by atoms with Gasteiger partial charge in [-0.1, -0.05) is 109 Å². The highest BCUT2D eigenvalue weighted by Gasteiger charge is 2.19. The Kier molecular flexibility index (Phi) is 6.06. The van der Waals surface area contributed by atoms with Gasteiger partial charge in [-0.15, -0.1) is 0 Å². The zero-order chi connectivity index (χ0) is 30.5. The molecule has 0 saturated heterocycles. The van der Waals surface area contributed by atoms with Crippen LogP contribution >= 0.6 is 0 Å². The van der Waals surface area contributed by atoms with Crippen molar-refractivity contribution in [1.82, 2.24) is 19.5 Å². The van der Waals surface area contributed by atoms with E-state index in [1.54, 1.807) is 0 Å². The normalized spacial score (nSPS) is 11.5. The van der Waals surface area contributed by atoms with Crippen LogP contribution in [0, 0.1) is 0 Å². The molecule has 0 spiro atoms. The van der Waals surface area contributed by atoms with Crippen LogP contribution in [0.2, 0.25) is 0 Å². The molecule has 3 aromatic heterocycles. The minimum Gasteiger partial charge on any atom is -0.436 e. The molecule has 0 unspecified atom stereocenters. The molecule has 46 heavy (non-hydrogen) atoms. The summed E-state index contributed by atoms with van der Waals surface area (Å²) in [5, 5.41) is 2.31. The van der Waals surface area contributed by atoms with E-state index < -0.39 is 0 Å². The van der Waals surface area contributed by atoms with Crippen LogP contribution in [0.5, 0.6) is 0 Å². The summed E-state index contributed by atoms with van der Waals surface area (Å²) >= 11 is 0. The van der Waals surface area contributed by atoms with Crippen molar-refractivity contribution in [3.63, 3.8) is 0 Å². The second kappa shape index (κ2) is 10.7. The van der Waals surface area contributed by atoms with Gasteiger partial charge in [-0.25, -0.2) is 15.0 Å². The SMILES string of the molecule is c1ccc(-c2cc(-c3ccc(-n4c5ccccc5c5ccc6oc(-c7ccccc7)nc6c54)cc3)nc(-c3ccccc3)n2)cc1. The van der Waals surface area contributed by atoms with Crippen molar-refractivity contribution in [1.29, 1.82) is 0 Å². The number of rotatable bonds is 5. The van der Waals surface area contributed by atoms with E-state index in [1.807, 2.05) is 84.9 Å². The summed E-state index contributed by atoms with van der Waals surface area (Å²) in [6.07, 6.45) is 0. The molecule has 0 aliphatic rings. The lowest BCUT2D eigenvalue weighted by atomic mass is 10.1. The molecule has 0 atom stereocenters. The van der Waals surface area contributed by atoms with Crippen molar-refractivity contribution in [2.45, 2.75) is 0 Å². The second-order valence-electron chi connectivity index (χ2n) is 11.3. The van der Waals surface area contributed by atoms with Crippen molar-refractivity contribution in [3.05, 3.63) is 158 Å². The third kappa shape index (κ3) is 4.37. The quantitative estimate of drug-likeness (QED) is 0.200. The molecule has 9 aromatic rings. The molecule has 5 nitrogen and oxygen atoms in total. The van der Waals surface area contributed by atoms with E-state index in [4.69, 9.17) is 19.4 Å². The van der Waals surface area contributed by atoms with Crippen molar-refractivity contribution >= 4 is 32.9 Å². The molecule has 3 heterocycles. The maximum atomic E-state index is 6.28. The Morgan fingerprint density at radius 2 is 1.04 bits per heavy atom. The maximum Gasteiger partial charge on any atom is 0.227 e. The average Bonchev–Trinajstić information content (AvgIpc) is 3.73. The third-order valence-corrected chi connectivity index (χ3v) is 8.46. The van der Waals surface area contributed by atoms with E-state index in [-0.39, 0.29) is 0 Å². The van der Waals surface area contributed by atoms with Crippen molar-refractivity contribution in [3.8, 4) is 51.0 Å². The fourth-order valence-corrected chi connectivity index (χ4v) is 6.26. The molecule has 0 amide bonds. The van der Waals surface area contributed by atoms with E-state index >= 15 is 0 Å². The zero-order valence-corrected chi connectivity index (χ0v) is 24.7. The van der Waals surface area contributed by atoms with Gasteiger partial charge in [0.15, 0.2) is 11.4 Å². The van der Waals surface area contributed by atoms with Gasteiger partial charge in [-0.05, 0) is 48.5 Å². The van der Waals surface area contributed by atoms with Gasteiger partial charge in [0.2, 0.25) is 5.89 Å². The van der Waals surface area contributed by atoms with E-state index in [1.165, 1.54) is 5.39 Å². The summed E-state index contributed by atoms with van der Waals surface area (Å²) in [6, 6.07) is 53.8. The molecular formula is C41H26N4O. The fourth-order valence-electron chi connectivity index (χ4n) is 6.26. The van der Waals surface area contributed by atoms with Crippen LogP contribution in [0.3, 0.4) is 0 Å². The minimum atomic E-state index is 0.613. The summed E-state index contributed by atoms with van der Waals surface area (Å²) in [4.78, 5) is 15.0. The second-order valence-corrected chi connectivity index (χ2v) is 11.3. The van der Waals surface area contributed by atoms with Gasteiger partial charge in [-0.3, -0.25) is 0 Å². The van der Waals surface area contributed by atoms with Crippen LogP contribution in [0.4, 0.5) is 0 Å². The molecular weight excluding hydrogens is 564 g/mol. The predicted molar refractivity (Wildman–Crippen MR) is 186 cm³/mol. The topological polar surface area (TPSA) is 56.7 Å². The Labute approximate surface area is 265 Å². The molecule has 0 fully saturated rings. The molecule has 216 valence electrons. The minimum absolute atomic E-state index is 0.613. The highest BCUT2D eigenvalue weighted by molar-refractivity contribution is 6.17. The lowest BCUT2D eigenvalue weighted by Gasteiger charge is -2.11. The standard InChI is InChI=1S/C41H26N4O/c1-4-12-27(13-5-1)34-26-35(43-40(42-34)29-14-6-2-7-15-29)28-20-22-31(23-21-28)45-36-19-11-10-18-32(36)33-24-25-37-38(39(33)45)44-41(46-37)30-16-8-3-9-17-30/h1-26H. The van der Waals surface area contributed by atoms with Crippen LogP contribution in [-0.4, -0.2) is 19.5 Å². The van der Waals surface area contributed by atoms with E-state index in [9.17, 15) is 0 Å². The highest BCUT2D eigenvalue weighted by atomic mass is 16.3. The molecule has 0 saturated carbocycles. The molecule has 0 N–H and O–H groups in total. The summed E-state index contributed by atoms with van der Waals surface area (Å²) in [5.41, 5.74) is 10.5. The molecule has 6 aromatic carbocycles. The van der Waals surface area contributed by atoms with Gasteiger partial charge in [0.25, 0.3) is 0 Å². The molecule has 0 bridgehead atoms. The predicted octanol–water partition coefficient (Wildman–Crippen LogP) is 10.4. The monoisotopic (exact) mass is 590 g/mol. The van der Waals surface area contributed by atoms with Gasteiger partial charge in [0.05, 0.1) is 22.4 Å².